The molecule has 160 valence electrons. The molecule has 1 amide bonds. The molecule has 2 aromatic rings. The maximum atomic E-state index is 13.2. The highest BCUT2D eigenvalue weighted by molar-refractivity contribution is 7.89. The number of piperidine rings is 1. The molecule has 2 fully saturated rings. The molecule has 2 aliphatic rings. The molecule has 0 bridgehead atoms. The molecule has 30 heavy (non-hydrogen) atoms. The van der Waals surface area contributed by atoms with Gasteiger partial charge in [-0.1, -0.05) is 41.9 Å². The summed E-state index contributed by atoms with van der Waals surface area (Å²) in [5.74, 6) is 0.511. The molecule has 0 radical (unpaired) electrons. The van der Waals surface area contributed by atoms with Gasteiger partial charge in [0, 0.05) is 24.7 Å². The number of halogens is 1. The number of likely N-dealkylation sites (tertiary alicyclic amines) is 1. The van der Waals surface area contributed by atoms with Crippen LogP contribution in [-0.2, 0) is 21.2 Å². The van der Waals surface area contributed by atoms with Crippen LogP contribution in [-0.4, -0.2) is 49.2 Å². The first kappa shape index (κ1) is 21.3. The minimum absolute atomic E-state index is 0.0526. The van der Waals surface area contributed by atoms with E-state index >= 15 is 0 Å². The number of hydrogen-bond acceptors (Lipinski definition) is 3. The van der Waals surface area contributed by atoms with Crippen LogP contribution in [0.5, 0.6) is 0 Å². The van der Waals surface area contributed by atoms with Crippen LogP contribution in [0.3, 0.4) is 0 Å². The first-order chi connectivity index (χ1) is 14.4. The van der Waals surface area contributed by atoms with E-state index in [1.807, 2.05) is 11.0 Å². The van der Waals surface area contributed by atoms with Crippen molar-refractivity contribution < 1.29 is 13.2 Å². The molecule has 5 nitrogen and oxygen atoms in total. The van der Waals surface area contributed by atoms with Gasteiger partial charge in [-0.3, -0.25) is 4.79 Å². The lowest BCUT2D eigenvalue weighted by Gasteiger charge is -2.35. The smallest absolute Gasteiger partial charge is 0.243 e. The Kier molecular flexibility index (Phi) is 6.46. The van der Waals surface area contributed by atoms with Crippen molar-refractivity contribution in [3.05, 3.63) is 65.2 Å². The summed E-state index contributed by atoms with van der Waals surface area (Å²) in [7, 11) is -3.71. The summed E-state index contributed by atoms with van der Waals surface area (Å²) in [6.07, 6.45) is 4.22. The van der Waals surface area contributed by atoms with Gasteiger partial charge in [-0.15, -0.1) is 0 Å². The second-order valence-electron chi connectivity index (χ2n) is 8.19. The van der Waals surface area contributed by atoms with Gasteiger partial charge in [-0.2, -0.15) is 4.31 Å². The Balaban J connectivity index is 1.40. The number of carbonyl (C=O) groups is 1. The van der Waals surface area contributed by atoms with E-state index in [4.69, 9.17) is 11.6 Å². The lowest BCUT2D eigenvalue weighted by atomic mass is 9.90. The number of amides is 1. The lowest BCUT2D eigenvalue weighted by Crippen LogP contribution is -2.50. The molecule has 0 N–H and O–H groups in total. The summed E-state index contributed by atoms with van der Waals surface area (Å²) in [5.41, 5.74) is 1.33. The van der Waals surface area contributed by atoms with Crippen LogP contribution in [0.25, 0.3) is 0 Å². The van der Waals surface area contributed by atoms with Gasteiger partial charge in [-0.05, 0) is 67.9 Å². The maximum absolute atomic E-state index is 13.2. The Morgan fingerprint density at radius 3 is 2.27 bits per heavy atom. The van der Waals surface area contributed by atoms with Gasteiger partial charge < -0.3 is 4.90 Å². The first-order valence-corrected chi connectivity index (χ1v) is 12.4. The fraction of sp³-hybridized carbons (Fsp3) is 0.435. The van der Waals surface area contributed by atoms with E-state index in [0.717, 1.165) is 19.3 Å². The fourth-order valence-corrected chi connectivity index (χ4v) is 6.31. The maximum Gasteiger partial charge on any atom is 0.243 e. The van der Waals surface area contributed by atoms with E-state index in [1.165, 1.54) is 22.0 Å². The van der Waals surface area contributed by atoms with Crippen LogP contribution in [0.15, 0.2) is 59.5 Å². The number of rotatable bonds is 5. The zero-order valence-corrected chi connectivity index (χ0v) is 18.5. The SMILES string of the molecule is O=C([C@H]1CCCN1S(=O)(=O)c1ccc(Cl)cc1)N1CCC(Cc2ccccc2)CC1. The van der Waals surface area contributed by atoms with Crippen LogP contribution in [0.2, 0.25) is 5.02 Å². The predicted octanol–water partition coefficient (Wildman–Crippen LogP) is 3.97. The van der Waals surface area contributed by atoms with Crippen molar-refractivity contribution in [1.29, 1.82) is 0 Å². The number of carbonyl (C=O) groups excluding carboxylic acids is 1. The average Bonchev–Trinajstić information content (AvgIpc) is 3.26. The van der Waals surface area contributed by atoms with Crippen molar-refractivity contribution >= 4 is 27.5 Å². The molecular weight excluding hydrogens is 420 g/mol. The van der Waals surface area contributed by atoms with E-state index in [0.29, 0.717) is 43.4 Å². The van der Waals surface area contributed by atoms with Crippen molar-refractivity contribution in [2.45, 2.75) is 43.0 Å². The standard InChI is InChI=1S/C23H27ClN2O3S/c24-20-8-10-21(11-9-20)30(28,29)26-14-4-7-22(26)23(27)25-15-12-19(13-16-25)17-18-5-2-1-3-6-18/h1-3,5-6,8-11,19,22H,4,7,12-17H2/t22-/m1/s1. The number of benzene rings is 2. The summed E-state index contributed by atoms with van der Waals surface area (Å²) >= 11 is 5.90. The third kappa shape index (κ3) is 4.56. The third-order valence-corrected chi connectivity index (χ3v) is 8.38. The van der Waals surface area contributed by atoms with E-state index in [-0.39, 0.29) is 10.8 Å². The molecule has 2 aliphatic heterocycles. The molecule has 7 heteroatoms. The van der Waals surface area contributed by atoms with Gasteiger partial charge in [0.2, 0.25) is 15.9 Å². The van der Waals surface area contributed by atoms with Crippen molar-refractivity contribution in [3.63, 3.8) is 0 Å². The van der Waals surface area contributed by atoms with Gasteiger partial charge in [0.1, 0.15) is 6.04 Å². The quantitative estimate of drug-likeness (QED) is 0.698. The number of sulfonamides is 1. The topological polar surface area (TPSA) is 57.7 Å². The van der Waals surface area contributed by atoms with Crippen LogP contribution < -0.4 is 0 Å². The highest BCUT2D eigenvalue weighted by Crippen LogP contribution is 2.30. The molecular formula is C23H27ClN2O3S. The van der Waals surface area contributed by atoms with Gasteiger partial charge in [0.25, 0.3) is 0 Å². The molecule has 2 heterocycles. The number of nitrogens with zero attached hydrogens (tertiary/aromatic N) is 2. The molecule has 4 rings (SSSR count). The Hall–Kier alpha value is -1.89. The second-order valence-corrected chi connectivity index (χ2v) is 10.5. The zero-order chi connectivity index (χ0) is 21.1. The van der Waals surface area contributed by atoms with Crippen LogP contribution >= 0.6 is 11.6 Å². The highest BCUT2D eigenvalue weighted by Gasteiger charge is 2.41. The van der Waals surface area contributed by atoms with Crippen molar-refractivity contribution in [2.75, 3.05) is 19.6 Å². The van der Waals surface area contributed by atoms with Gasteiger partial charge in [0.15, 0.2) is 0 Å². The molecule has 0 aliphatic carbocycles. The summed E-state index contributed by atoms with van der Waals surface area (Å²) < 4.78 is 27.6. The van der Waals surface area contributed by atoms with Crippen LogP contribution in [0, 0.1) is 5.92 Å². The normalized spacial score (nSPS) is 21.1. The molecule has 2 saturated heterocycles. The van der Waals surface area contributed by atoms with Crippen molar-refractivity contribution in [2.24, 2.45) is 5.92 Å². The third-order valence-electron chi connectivity index (χ3n) is 6.20. The van der Waals surface area contributed by atoms with Gasteiger partial charge >= 0.3 is 0 Å². The minimum atomic E-state index is -3.71. The highest BCUT2D eigenvalue weighted by atomic mass is 35.5. The lowest BCUT2D eigenvalue weighted by molar-refractivity contribution is -0.136. The summed E-state index contributed by atoms with van der Waals surface area (Å²) in [6.45, 7) is 1.77. The average molecular weight is 447 g/mol. The monoisotopic (exact) mass is 446 g/mol. The van der Waals surface area contributed by atoms with Crippen LogP contribution in [0.4, 0.5) is 0 Å². The Morgan fingerprint density at radius 1 is 0.933 bits per heavy atom. The van der Waals surface area contributed by atoms with E-state index in [9.17, 15) is 13.2 Å². The van der Waals surface area contributed by atoms with Crippen molar-refractivity contribution in [1.82, 2.24) is 9.21 Å². The predicted molar refractivity (Wildman–Crippen MR) is 118 cm³/mol. The molecule has 0 saturated carbocycles. The van der Waals surface area contributed by atoms with Gasteiger partial charge in [-0.25, -0.2) is 8.42 Å². The fourth-order valence-electron chi connectivity index (χ4n) is 4.53. The summed E-state index contributed by atoms with van der Waals surface area (Å²) in [5, 5.41) is 0.487. The Labute approximate surface area is 183 Å². The Morgan fingerprint density at radius 2 is 1.60 bits per heavy atom. The second kappa shape index (κ2) is 9.08. The Bertz CT molecular complexity index is 971. The van der Waals surface area contributed by atoms with E-state index in [1.54, 1.807) is 12.1 Å². The largest absolute Gasteiger partial charge is 0.341 e. The molecule has 0 spiro atoms. The number of hydrogen-bond donors (Lipinski definition) is 0. The summed E-state index contributed by atoms with van der Waals surface area (Å²) in [4.78, 5) is 15.3. The molecule has 1 atom stereocenters. The molecule has 0 aromatic heterocycles. The minimum Gasteiger partial charge on any atom is -0.341 e. The van der Waals surface area contributed by atoms with Gasteiger partial charge in [0.05, 0.1) is 4.90 Å². The van der Waals surface area contributed by atoms with Crippen molar-refractivity contribution in [3.8, 4) is 0 Å². The first-order valence-electron chi connectivity index (χ1n) is 10.6. The van der Waals surface area contributed by atoms with E-state index in [2.05, 4.69) is 24.3 Å². The summed E-state index contributed by atoms with van der Waals surface area (Å²) in [6, 6.07) is 16.0. The zero-order valence-electron chi connectivity index (χ0n) is 16.9. The molecule has 2 aromatic carbocycles. The molecule has 0 unspecified atom stereocenters. The van der Waals surface area contributed by atoms with Crippen LogP contribution in [0.1, 0.15) is 31.2 Å². The van der Waals surface area contributed by atoms with E-state index < -0.39 is 16.1 Å².